The molecule has 340 valence electrons. The Kier molecular flexibility index (Phi) is 12.9. The third kappa shape index (κ3) is 9.08. The van der Waals surface area contributed by atoms with E-state index in [0.29, 0.717) is 66.0 Å². The van der Waals surface area contributed by atoms with Gasteiger partial charge in [-0.15, -0.1) is 0 Å². The first kappa shape index (κ1) is 45.4. The van der Waals surface area contributed by atoms with Crippen molar-refractivity contribution in [2.24, 2.45) is 34.1 Å². The number of ketones is 2. The predicted molar refractivity (Wildman–Crippen MR) is 257 cm³/mol. The maximum Gasteiger partial charge on any atom is 0.165 e. The first-order chi connectivity index (χ1) is 31.3. The van der Waals surface area contributed by atoms with Crippen LogP contribution >= 0.6 is 21.6 Å². The van der Waals surface area contributed by atoms with Crippen LogP contribution in [0, 0.1) is 34.5 Å². The average molecular weight is 914 g/mol. The monoisotopic (exact) mass is 913 g/mol. The molecule has 4 aliphatic carbocycles. The van der Waals surface area contributed by atoms with Gasteiger partial charge < -0.3 is 41.6 Å². The summed E-state index contributed by atoms with van der Waals surface area (Å²) in [5.74, 6) is 8.10. The zero-order chi connectivity index (χ0) is 45.5. The summed E-state index contributed by atoms with van der Waals surface area (Å²) in [4.78, 5) is 31.1. The van der Waals surface area contributed by atoms with E-state index >= 15 is 0 Å². The van der Waals surface area contributed by atoms with Crippen LogP contribution in [0.5, 0.6) is 17.2 Å². The van der Waals surface area contributed by atoms with Crippen molar-refractivity contribution < 1.29 is 34.8 Å². The number of aromatic nitrogens is 1. The lowest BCUT2D eigenvalue weighted by Gasteiger charge is -2.51. The summed E-state index contributed by atoms with van der Waals surface area (Å²) >= 11 is 0. The molecule has 2 saturated carbocycles. The first-order valence-corrected chi connectivity index (χ1v) is 25.4. The van der Waals surface area contributed by atoms with Crippen LogP contribution in [0.2, 0.25) is 0 Å². The number of aliphatic hydroxyl groups excluding tert-OH is 1. The van der Waals surface area contributed by atoms with Crippen molar-refractivity contribution in [2.75, 3.05) is 12.4 Å². The molecule has 10 nitrogen and oxygen atoms in total. The highest BCUT2D eigenvalue weighted by atomic mass is 33.1. The predicted octanol–water partition coefficient (Wildman–Crippen LogP) is 8.48. The topological polar surface area (TPSA) is 192 Å². The standard InChI is InChI=1S/C53H59N3O7S2/c1-32(57)4-2-6-44-36-14-19-53(62)30-51(44)18-15-38(58)11-8-33-10-13-47(60)49(23-33)63-21-17-34-9-12-46(59)43(22-34)42-26-48(61)39-16-20-56-45(39)7-3-5-35-24-41(50(54)55)37(25-40(35)42)28-64-65-31-52(53,27-36)29-51/h9-10,12-16,18-20,22-25,32,36,42,44,50,56-57,59-60,62H,2,4,6-8,11,17,21,26-31,54-55H2,1H3. The van der Waals surface area contributed by atoms with E-state index in [-0.39, 0.29) is 54.3 Å². The molecule has 2 heterocycles. The zero-order valence-electron chi connectivity index (χ0n) is 36.9. The average Bonchev–Trinajstić information content (AvgIpc) is 3.81. The minimum atomic E-state index is -1.05. The number of carbonyl (C=O) groups is 2. The van der Waals surface area contributed by atoms with Gasteiger partial charge in [-0.25, -0.2) is 0 Å². The number of nitrogens with two attached hydrogens (primary N) is 2. The van der Waals surface area contributed by atoms with Gasteiger partial charge in [0.25, 0.3) is 0 Å². The van der Waals surface area contributed by atoms with Gasteiger partial charge in [0, 0.05) is 70.7 Å². The lowest BCUT2D eigenvalue weighted by molar-refractivity contribution is -0.114. The summed E-state index contributed by atoms with van der Waals surface area (Å²) in [6.45, 7) is 2.05. The number of aliphatic hydroxyl groups is 2. The van der Waals surface area contributed by atoms with Crippen molar-refractivity contribution >= 4 is 33.2 Å². The second kappa shape index (κ2) is 18.5. The molecule has 65 heavy (non-hydrogen) atoms. The molecular formula is C53H59N3O7S2. The number of aryl methyl sites for hydroxylation is 1. The molecule has 7 atom stereocenters. The Morgan fingerprint density at radius 1 is 0.954 bits per heavy atom. The Bertz CT molecular complexity index is 2610. The smallest absolute Gasteiger partial charge is 0.165 e. The van der Waals surface area contributed by atoms with Crippen molar-refractivity contribution in [2.45, 2.75) is 107 Å². The fourth-order valence-electron chi connectivity index (χ4n) is 11.6. The maximum atomic E-state index is 14.2. The van der Waals surface area contributed by atoms with Crippen LogP contribution in [0.1, 0.15) is 125 Å². The Balaban J connectivity index is 1.11. The van der Waals surface area contributed by atoms with Crippen molar-refractivity contribution in [3.63, 3.8) is 0 Å². The van der Waals surface area contributed by atoms with E-state index in [1.807, 2.05) is 37.3 Å². The van der Waals surface area contributed by atoms with E-state index in [1.54, 1.807) is 58.1 Å². The zero-order valence-corrected chi connectivity index (χ0v) is 38.5. The van der Waals surface area contributed by atoms with Crippen LogP contribution in [0.25, 0.3) is 0 Å². The van der Waals surface area contributed by atoms with E-state index in [9.17, 15) is 30.0 Å². The number of aromatic amines is 1. The Morgan fingerprint density at radius 2 is 1.77 bits per heavy atom. The van der Waals surface area contributed by atoms with Crippen LogP contribution in [0.3, 0.4) is 0 Å². The quantitative estimate of drug-likeness (QED) is 0.0440. The fraction of sp³-hybridized carbons (Fsp3) is 0.434. The number of phenolic OH excluding ortho intramolecular Hbond substituents is 2. The summed E-state index contributed by atoms with van der Waals surface area (Å²) in [5, 5.41) is 45.2. The highest BCUT2D eigenvalue weighted by Crippen LogP contribution is 2.71. The molecule has 4 aromatic rings. The number of hydrogen-bond donors (Lipinski definition) is 7. The van der Waals surface area contributed by atoms with Crippen LogP contribution in [-0.2, 0) is 29.8 Å². The van der Waals surface area contributed by atoms with E-state index in [0.717, 1.165) is 59.2 Å². The van der Waals surface area contributed by atoms with Crippen molar-refractivity contribution in [3.05, 3.63) is 135 Å². The number of nitrogens with one attached hydrogen (secondary N) is 1. The van der Waals surface area contributed by atoms with Gasteiger partial charge >= 0.3 is 0 Å². The number of rotatable bonds is 5. The molecule has 1 aromatic heterocycles. The molecule has 12 heteroatoms. The molecule has 2 fully saturated rings. The molecule has 0 radical (unpaired) electrons. The van der Waals surface area contributed by atoms with Crippen LogP contribution in [-0.4, -0.2) is 61.0 Å². The summed E-state index contributed by atoms with van der Waals surface area (Å²) in [6.07, 6.45) is 14.9. The van der Waals surface area contributed by atoms with Crippen LogP contribution in [0.4, 0.5) is 0 Å². The number of phenols is 2. The number of fused-ring (bicyclic) bond motifs is 8. The van der Waals surface area contributed by atoms with Crippen LogP contribution < -0.4 is 16.2 Å². The largest absolute Gasteiger partial charge is 0.508 e. The van der Waals surface area contributed by atoms with Gasteiger partial charge in [-0.05, 0) is 127 Å². The lowest BCUT2D eigenvalue weighted by atomic mass is 9.55. The summed E-state index contributed by atoms with van der Waals surface area (Å²) in [6, 6.07) is 16.4. The highest BCUT2D eigenvalue weighted by molar-refractivity contribution is 8.76. The van der Waals surface area contributed by atoms with Gasteiger partial charge in [0.2, 0.25) is 0 Å². The summed E-state index contributed by atoms with van der Waals surface area (Å²) in [5.41, 5.74) is 18.0. The van der Waals surface area contributed by atoms with E-state index in [4.69, 9.17) is 16.2 Å². The second-order valence-electron chi connectivity index (χ2n) is 19.2. The van der Waals surface area contributed by atoms with E-state index < -0.39 is 34.6 Å². The molecule has 0 amide bonds. The first-order valence-electron chi connectivity index (χ1n) is 22.9. The number of hydrogen-bond acceptors (Lipinski definition) is 11. The number of carbonyl (C=O) groups excluding carboxylic acids is 2. The number of aromatic hydroxyl groups is 2. The number of H-pyrrole nitrogens is 1. The van der Waals surface area contributed by atoms with E-state index in [2.05, 4.69) is 35.0 Å². The van der Waals surface area contributed by atoms with Gasteiger partial charge in [0.1, 0.15) is 5.75 Å². The van der Waals surface area contributed by atoms with Gasteiger partial charge in [-0.3, -0.25) is 9.59 Å². The van der Waals surface area contributed by atoms with Crippen molar-refractivity contribution in [1.29, 1.82) is 0 Å². The van der Waals surface area contributed by atoms with Gasteiger partial charge in [0.05, 0.1) is 30.9 Å². The van der Waals surface area contributed by atoms with Gasteiger partial charge in [-0.2, -0.15) is 0 Å². The number of allylic oxidation sites excluding steroid dienone is 3. The van der Waals surface area contributed by atoms with Crippen molar-refractivity contribution in [3.8, 4) is 29.1 Å². The van der Waals surface area contributed by atoms with Crippen LogP contribution in [0.15, 0.2) is 85.1 Å². The summed E-state index contributed by atoms with van der Waals surface area (Å²) in [7, 11) is 3.42. The van der Waals surface area contributed by atoms with Gasteiger partial charge in [-0.1, -0.05) is 82.3 Å². The number of ether oxygens (including phenoxy) is 1. The highest BCUT2D eigenvalue weighted by Gasteiger charge is 2.68. The molecular weight excluding hydrogens is 855 g/mol. The number of Topliss-reactive ketones (excluding diaryl/α,β-unsaturated/α-hetero) is 1. The fourth-order valence-corrected chi connectivity index (χ4v) is 14.4. The second-order valence-corrected chi connectivity index (χ2v) is 21.7. The molecule has 9 rings (SSSR count). The molecule has 3 aromatic carbocycles. The minimum absolute atomic E-state index is 0.00166. The van der Waals surface area contributed by atoms with Gasteiger partial charge in [0.15, 0.2) is 23.1 Å². The minimum Gasteiger partial charge on any atom is -0.508 e. The molecule has 9 bridgehead atoms. The Morgan fingerprint density at radius 3 is 2.58 bits per heavy atom. The SMILES string of the molecule is CC(O)CCCC1C2C=CC3(O)CC14C=CC(=O)CCc1ccc(O)c(c1)OCCc1ccc(O)c(c1)C1CC(=O)c5cc[nH]c5CC#Cc5cc(C(N)N)c(cc51)CSSCC3(C2)C4. The Labute approximate surface area is 389 Å². The number of benzene rings is 3. The molecule has 5 aliphatic rings. The van der Waals surface area contributed by atoms with Crippen molar-refractivity contribution in [1.82, 2.24) is 4.98 Å². The third-order valence-electron chi connectivity index (χ3n) is 14.9. The molecule has 1 aliphatic heterocycles. The summed E-state index contributed by atoms with van der Waals surface area (Å²) < 4.78 is 6.16. The van der Waals surface area contributed by atoms with E-state index in [1.165, 1.54) is 0 Å². The third-order valence-corrected chi connectivity index (χ3v) is 17.4. The molecule has 1 spiro atoms. The molecule has 7 unspecified atom stereocenters. The normalized spacial score (nSPS) is 28.1. The molecule has 0 saturated heterocycles. The Hall–Kier alpha value is -4.74. The maximum absolute atomic E-state index is 14.2. The molecule has 9 N–H and O–H groups in total. The lowest BCUT2D eigenvalue weighted by Crippen LogP contribution is -2.49.